The van der Waals surface area contributed by atoms with E-state index < -0.39 is 41.5 Å². The number of rotatable bonds is 8. The van der Waals surface area contributed by atoms with Crippen LogP contribution in [-0.2, 0) is 9.59 Å². The van der Waals surface area contributed by atoms with E-state index in [0.717, 1.165) is 27.5 Å². The topological polar surface area (TPSA) is 89.5 Å². The number of ketones is 2. The normalized spacial score (nSPS) is 17.1. The molecule has 1 amide bonds. The summed E-state index contributed by atoms with van der Waals surface area (Å²) in [5, 5.41) is 8.90. The number of Topliss-reactive ketones (excluding diaryl/α,β-unsaturated/α-hetero) is 2. The zero-order chi connectivity index (χ0) is 30.0. The highest BCUT2D eigenvalue weighted by Crippen LogP contribution is 2.41. The summed E-state index contributed by atoms with van der Waals surface area (Å²) in [5.74, 6) is -4.21. The summed E-state index contributed by atoms with van der Waals surface area (Å²) in [6.45, 7) is 4.00. The van der Waals surface area contributed by atoms with Gasteiger partial charge in [-0.15, -0.1) is 23.4 Å². The minimum atomic E-state index is -4.90. The van der Waals surface area contributed by atoms with Crippen molar-refractivity contribution in [1.82, 2.24) is 10.2 Å². The number of alkyl halides is 3. The van der Waals surface area contributed by atoms with Crippen molar-refractivity contribution < 1.29 is 32.3 Å². The Kier molecular flexibility index (Phi) is 8.13. The Bertz CT molecular complexity index is 1590. The molecule has 1 aliphatic rings. The molecule has 1 saturated heterocycles. The summed E-state index contributed by atoms with van der Waals surface area (Å²) < 4.78 is 42.2. The van der Waals surface area contributed by atoms with Gasteiger partial charge >= 0.3 is 6.36 Å². The Labute approximate surface area is 243 Å². The molecule has 0 spiro atoms. The lowest BCUT2D eigenvalue weighted by Gasteiger charge is -2.26. The van der Waals surface area contributed by atoms with Crippen LogP contribution in [0.3, 0.4) is 0 Å². The lowest BCUT2D eigenvalue weighted by atomic mass is 9.86. The zero-order valence-electron chi connectivity index (χ0n) is 22.4. The van der Waals surface area contributed by atoms with Crippen LogP contribution in [0.15, 0.2) is 101 Å². The minimum Gasteiger partial charge on any atom is -0.406 e. The summed E-state index contributed by atoms with van der Waals surface area (Å²) in [6, 6.07) is 22.9. The fourth-order valence-corrected chi connectivity index (χ4v) is 5.46. The summed E-state index contributed by atoms with van der Waals surface area (Å²) in [5.41, 5.74) is 1.48. The van der Waals surface area contributed by atoms with Crippen LogP contribution in [-0.4, -0.2) is 34.0 Å². The molecule has 42 heavy (non-hydrogen) atoms. The predicted molar refractivity (Wildman–Crippen MR) is 149 cm³/mol. The monoisotopic (exact) mass is 591 g/mol. The Hall–Kier alpha value is -4.51. The van der Waals surface area contributed by atoms with Crippen molar-refractivity contribution in [1.29, 1.82) is 0 Å². The lowest BCUT2D eigenvalue weighted by molar-refractivity contribution is -0.274. The first-order valence-corrected chi connectivity index (χ1v) is 13.8. The summed E-state index contributed by atoms with van der Waals surface area (Å²) in [6.07, 6.45) is -4.90. The van der Waals surface area contributed by atoms with E-state index >= 15 is 0 Å². The molecule has 214 valence electrons. The molecule has 0 N–H and O–H groups in total. The van der Waals surface area contributed by atoms with E-state index in [-0.39, 0.29) is 22.9 Å². The van der Waals surface area contributed by atoms with Crippen molar-refractivity contribution in [3.05, 3.63) is 108 Å². The molecule has 0 aliphatic carbocycles. The molecule has 1 aliphatic heterocycles. The number of carbonyl (C=O) groups excluding carboxylic acids is 3. The number of ether oxygens (including phenoxy) is 1. The number of nitrogens with zero attached hydrogens (tertiary/aromatic N) is 3. The molecule has 7 nitrogen and oxygen atoms in total. The first kappa shape index (κ1) is 29.0. The molecule has 11 heteroatoms. The maximum atomic E-state index is 13.7. The highest BCUT2D eigenvalue weighted by atomic mass is 32.2. The molecule has 1 fully saturated rings. The van der Waals surface area contributed by atoms with Gasteiger partial charge in [0.25, 0.3) is 5.91 Å². The number of amides is 1. The van der Waals surface area contributed by atoms with Gasteiger partial charge in [0.1, 0.15) is 16.7 Å². The van der Waals surface area contributed by atoms with Gasteiger partial charge in [-0.05, 0) is 53.4 Å². The molecular weight excluding hydrogens is 567 g/mol. The molecule has 2 unspecified atom stereocenters. The average molecular weight is 592 g/mol. The highest BCUT2D eigenvalue weighted by molar-refractivity contribution is 7.99. The van der Waals surface area contributed by atoms with Crippen LogP contribution >= 0.6 is 11.8 Å². The van der Waals surface area contributed by atoms with E-state index in [2.05, 4.69) is 14.9 Å². The number of halogens is 3. The predicted octanol–water partition coefficient (Wildman–Crippen LogP) is 6.81. The van der Waals surface area contributed by atoms with Crippen LogP contribution in [0.25, 0.3) is 0 Å². The van der Waals surface area contributed by atoms with E-state index in [4.69, 9.17) is 0 Å². The first-order valence-electron chi connectivity index (χ1n) is 13.0. The fourth-order valence-electron chi connectivity index (χ4n) is 4.70. The standard InChI is InChI=1S/C31H24F3N3O4S/c1-18(2)19-8-10-21(11-9-19)28(38)26-27(20-12-14-22(15-13-20)41-31(32,33)34)37(30(40)29(26)39)24-16-17-25(36-35-24)42-23-6-4-3-5-7-23/h3-18,26-27H,1-2H3. The molecule has 5 rings (SSSR count). The quantitative estimate of drug-likeness (QED) is 0.126. The van der Waals surface area contributed by atoms with Crippen LogP contribution in [0.5, 0.6) is 5.75 Å². The maximum absolute atomic E-state index is 13.7. The van der Waals surface area contributed by atoms with Crippen molar-refractivity contribution in [2.24, 2.45) is 5.92 Å². The van der Waals surface area contributed by atoms with Crippen molar-refractivity contribution in [3.63, 3.8) is 0 Å². The van der Waals surface area contributed by atoms with Gasteiger partial charge in [0.2, 0.25) is 5.78 Å². The zero-order valence-corrected chi connectivity index (χ0v) is 23.2. The summed E-state index contributed by atoms with van der Waals surface area (Å²) >= 11 is 1.35. The van der Waals surface area contributed by atoms with Gasteiger partial charge in [0, 0.05) is 10.5 Å². The maximum Gasteiger partial charge on any atom is 0.573 e. The van der Waals surface area contributed by atoms with Gasteiger partial charge in [-0.2, -0.15) is 0 Å². The molecule has 0 bridgehead atoms. The average Bonchev–Trinajstić information content (AvgIpc) is 3.23. The second-order valence-corrected chi connectivity index (χ2v) is 11.0. The van der Waals surface area contributed by atoms with E-state index in [9.17, 15) is 27.6 Å². The third-order valence-corrected chi connectivity index (χ3v) is 7.68. The van der Waals surface area contributed by atoms with Crippen LogP contribution in [0, 0.1) is 5.92 Å². The molecular formula is C31H24F3N3O4S. The second kappa shape index (κ2) is 11.8. The lowest BCUT2D eigenvalue weighted by Crippen LogP contribution is -2.31. The molecule has 1 aromatic heterocycles. The van der Waals surface area contributed by atoms with E-state index in [1.54, 1.807) is 30.3 Å². The molecule has 4 aromatic rings. The van der Waals surface area contributed by atoms with Crippen molar-refractivity contribution in [2.75, 3.05) is 4.90 Å². The fraction of sp³-hybridized carbons (Fsp3) is 0.194. The van der Waals surface area contributed by atoms with Gasteiger partial charge < -0.3 is 4.74 Å². The van der Waals surface area contributed by atoms with Gasteiger partial charge in [-0.25, -0.2) is 0 Å². The van der Waals surface area contributed by atoms with E-state index in [1.807, 2.05) is 44.2 Å². The van der Waals surface area contributed by atoms with Gasteiger partial charge in [0.05, 0.1) is 6.04 Å². The van der Waals surface area contributed by atoms with Crippen molar-refractivity contribution >= 4 is 35.1 Å². The molecule has 2 heterocycles. The molecule has 3 aromatic carbocycles. The third-order valence-electron chi connectivity index (χ3n) is 6.74. The first-order chi connectivity index (χ1) is 20.0. The Morgan fingerprint density at radius 2 is 1.55 bits per heavy atom. The molecule has 0 radical (unpaired) electrons. The number of hydrogen-bond donors (Lipinski definition) is 0. The SMILES string of the molecule is CC(C)c1ccc(C(=O)C2C(=O)C(=O)N(c3ccc(Sc4ccccc4)nn3)C2c2ccc(OC(F)(F)F)cc2)cc1. The van der Waals surface area contributed by atoms with Crippen molar-refractivity contribution in [2.45, 2.75) is 42.1 Å². The minimum absolute atomic E-state index is 0.0248. The number of anilines is 1. The number of carbonyl (C=O) groups is 3. The number of benzene rings is 3. The smallest absolute Gasteiger partial charge is 0.406 e. The largest absolute Gasteiger partial charge is 0.573 e. The van der Waals surface area contributed by atoms with Gasteiger partial charge in [0.15, 0.2) is 11.6 Å². The van der Waals surface area contributed by atoms with Crippen LogP contribution in [0.1, 0.15) is 47.3 Å². The number of aromatic nitrogens is 2. The Morgan fingerprint density at radius 3 is 2.12 bits per heavy atom. The van der Waals surface area contributed by atoms with Gasteiger partial charge in [-0.1, -0.05) is 80.2 Å². The summed E-state index contributed by atoms with van der Waals surface area (Å²) in [7, 11) is 0. The van der Waals surface area contributed by atoms with Crippen LogP contribution in [0.2, 0.25) is 0 Å². The van der Waals surface area contributed by atoms with Crippen molar-refractivity contribution in [3.8, 4) is 5.75 Å². The van der Waals surface area contributed by atoms with Gasteiger partial charge in [-0.3, -0.25) is 19.3 Å². The molecule has 0 saturated carbocycles. The van der Waals surface area contributed by atoms with E-state index in [1.165, 1.54) is 30.0 Å². The van der Waals surface area contributed by atoms with Crippen LogP contribution in [0.4, 0.5) is 19.0 Å². The summed E-state index contributed by atoms with van der Waals surface area (Å²) in [4.78, 5) is 42.5. The third kappa shape index (κ3) is 6.20. The van der Waals surface area contributed by atoms with E-state index in [0.29, 0.717) is 5.03 Å². The number of hydrogen-bond acceptors (Lipinski definition) is 7. The van der Waals surface area contributed by atoms with Crippen LogP contribution < -0.4 is 9.64 Å². The second-order valence-electron chi connectivity index (χ2n) is 9.86. The molecule has 2 atom stereocenters. The highest BCUT2D eigenvalue weighted by Gasteiger charge is 2.53. The Balaban J connectivity index is 1.52. The Morgan fingerprint density at radius 1 is 0.881 bits per heavy atom.